The highest BCUT2D eigenvalue weighted by Gasteiger charge is 2.31. The quantitative estimate of drug-likeness (QED) is 0.497. The van der Waals surface area contributed by atoms with Crippen LogP contribution in [0.1, 0.15) is 12.8 Å². The zero-order valence-corrected chi connectivity index (χ0v) is 9.22. The molecule has 0 N–H and O–H groups in total. The molecule has 1 saturated carbocycles. The topological polar surface area (TPSA) is 26.3 Å². The molecule has 0 heterocycles. The van der Waals surface area contributed by atoms with Crippen molar-refractivity contribution in [3.05, 3.63) is 0 Å². The Morgan fingerprint density at radius 3 is 2.42 bits per heavy atom. The first-order valence-corrected chi connectivity index (χ1v) is 8.36. The summed E-state index contributed by atoms with van der Waals surface area (Å²) in [4.78, 5) is 11.1. The summed E-state index contributed by atoms with van der Waals surface area (Å²) in [6.07, 6.45) is 2.09. The van der Waals surface area contributed by atoms with Crippen molar-refractivity contribution in [2.45, 2.75) is 38.5 Å². The van der Waals surface area contributed by atoms with Crippen molar-refractivity contribution < 1.29 is 9.53 Å². The number of carbonyl (C=O) groups is 1. The van der Waals surface area contributed by atoms with E-state index in [1.807, 2.05) is 0 Å². The number of carbonyl (C=O) groups excluding carboxylic acids is 1. The largest absolute Gasteiger partial charge is 0.466 e. The summed E-state index contributed by atoms with van der Waals surface area (Å²) in [5, 5.41) is 0. The third-order valence-corrected chi connectivity index (χ3v) is 3.71. The molecule has 0 aromatic carbocycles. The second kappa shape index (κ2) is 3.60. The zero-order valence-electron chi connectivity index (χ0n) is 8.22. The van der Waals surface area contributed by atoms with E-state index in [2.05, 4.69) is 19.6 Å². The van der Waals surface area contributed by atoms with Crippen molar-refractivity contribution in [1.82, 2.24) is 0 Å². The first-order chi connectivity index (χ1) is 5.49. The van der Waals surface area contributed by atoms with Crippen LogP contribution in [0.5, 0.6) is 0 Å². The molecule has 0 bridgehead atoms. The summed E-state index contributed by atoms with van der Waals surface area (Å²) in [6.45, 7) is 7.51. The van der Waals surface area contributed by atoms with Gasteiger partial charge in [0.05, 0.1) is 12.5 Å². The third kappa shape index (κ3) is 3.90. The van der Waals surface area contributed by atoms with Crippen molar-refractivity contribution >= 4 is 14.0 Å². The van der Waals surface area contributed by atoms with E-state index >= 15 is 0 Å². The minimum absolute atomic E-state index is 0.0354. The van der Waals surface area contributed by atoms with Gasteiger partial charge in [0.1, 0.15) is 0 Å². The minimum atomic E-state index is -1.02. The van der Waals surface area contributed by atoms with Crippen LogP contribution in [0.2, 0.25) is 25.7 Å². The fourth-order valence-electron chi connectivity index (χ4n) is 0.895. The molecule has 0 spiro atoms. The molecule has 1 fully saturated rings. The standard InChI is InChI=1S/C9H18O2Si/c1-12(2,3)7-6-11-9(10)8-4-5-8/h8H,4-7H2,1-3H3. The summed E-state index contributed by atoms with van der Waals surface area (Å²) >= 11 is 0. The van der Waals surface area contributed by atoms with Gasteiger partial charge in [-0.05, 0) is 18.9 Å². The molecule has 0 atom stereocenters. The molecule has 1 rings (SSSR count). The molecule has 0 aromatic rings. The Hall–Kier alpha value is -0.313. The van der Waals surface area contributed by atoms with Crippen LogP contribution in [0.15, 0.2) is 0 Å². The molecular weight excluding hydrogens is 168 g/mol. The maximum atomic E-state index is 11.1. The molecule has 1 aliphatic rings. The van der Waals surface area contributed by atoms with Gasteiger partial charge in [-0.25, -0.2) is 0 Å². The predicted octanol–water partition coefficient (Wildman–Crippen LogP) is 2.28. The molecule has 0 amide bonds. The van der Waals surface area contributed by atoms with Crippen LogP contribution in [0.25, 0.3) is 0 Å². The molecule has 3 heteroatoms. The SMILES string of the molecule is C[Si](C)(C)CCOC(=O)C1CC1. The van der Waals surface area contributed by atoms with E-state index in [-0.39, 0.29) is 11.9 Å². The van der Waals surface area contributed by atoms with Gasteiger partial charge in [0, 0.05) is 8.07 Å². The molecule has 0 aromatic heterocycles. The van der Waals surface area contributed by atoms with Gasteiger partial charge >= 0.3 is 5.97 Å². The fourth-order valence-corrected chi connectivity index (χ4v) is 1.61. The Morgan fingerprint density at radius 2 is 2.00 bits per heavy atom. The van der Waals surface area contributed by atoms with E-state index in [9.17, 15) is 4.79 Å². The van der Waals surface area contributed by atoms with Crippen LogP contribution < -0.4 is 0 Å². The Kier molecular flexibility index (Phi) is 2.93. The lowest BCUT2D eigenvalue weighted by molar-refractivity contribution is -0.144. The van der Waals surface area contributed by atoms with Gasteiger partial charge in [0.25, 0.3) is 0 Å². The van der Waals surface area contributed by atoms with E-state index in [0.29, 0.717) is 6.61 Å². The Bertz CT molecular complexity index is 168. The second-order valence-corrected chi connectivity index (χ2v) is 10.4. The van der Waals surface area contributed by atoms with Crippen molar-refractivity contribution in [3.63, 3.8) is 0 Å². The van der Waals surface area contributed by atoms with Gasteiger partial charge in [0.2, 0.25) is 0 Å². The Labute approximate surface area is 75.3 Å². The van der Waals surface area contributed by atoms with Crippen molar-refractivity contribution in [2.24, 2.45) is 5.92 Å². The lowest BCUT2D eigenvalue weighted by atomic mass is 10.4. The van der Waals surface area contributed by atoms with E-state index in [1.165, 1.54) is 0 Å². The highest BCUT2D eigenvalue weighted by Crippen LogP contribution is 2.30. The lowest BCUT2D eigenvalue weighted by Crippen LogP contribution is -2.23. The van der Waals surface area contributed by atoms with Crippen LogP contribution in [0.3, 0.4) is 0 Å². The second-order valence-electron chi connectivity index (χ2n) is 4.75. The highest BCUT2D eigenvalue weighted by atomic mass is 28.3. The van der Waals surface area contributed by atoms with Crippen LogP contribution in [-0.4, -0.2) is 20.7 Å². The van der Waals surface area contributed by atoms with E-state index in [0.717, 1.165) is 18.9 Å². The normalized spacial score (nSPS) is 17.6. The van der Waals surface area contributed by atoms with Gasteiger partial charge < -0.3 is 4.74 Å². The van der Waals surface area contributed by atoms with E-state index in [4.69, 9.17) is 4.74 Å². The van der Waals surface area contributed by atoms with Crippen molar-refractivity contribution in [2.75, 3.05) is 6.61 Å². The van der Waals surface area contributed by atoms with Crippen LogP contribution in [0, 0.1) is 5.92 Å². The predicted molar refractivity (Wildman–Crippen MR) is 51.8 cm³/mol. The zero-order chi connectivity index (χ0) is 9.19. The molecule has 12 heavy (non-hydrogen) atoms. The molecule has 0 saturated heterocycles. The molecule has 2 nitrogen and oxygen atoms in total. The summed E-state index contributed by atoms with van der Waals surface area (Å²) in [7, 11) is -1.02. The van der Waals surface area contributed by atoms with Crippen LogP contribution >= 0.6 is 0 Å². The van der Waals surface area contributed by atoms with Gasteiger partial charge in [-0.15, -0.1) is 0 Å². The third-order valence-electron chi connectivity index (χ3n) is 2.01. The van der Waals surface area contributed by atoms with Crippen molar-refractivity contribution in [3.8, 4) is 0 Å². The lowest BCUT2D eigenvalue weighted by Gasteiger charge is -2.14. The number of hydrogen-bond acceptors (Lipinski definition) is 2. The molecular formula is C9H18O2Si. The monoisotopic (exact) mass is 186 g/mol. The molecule has 70 valence electrons. The summed E-state index contributed by atoms with van der Waals surface area (Å²) in [5.41, 5.74) is 0. The minimum Gasteiger partial charge on any atom is -0.466 e. The number of esters is 1. The van der Waals surface area contributed by atoms with E-state index in [1.54, 1.807) is 0 Å². The number of ether oxygens (including phenoxy) is 1. The van der Waals surface area contributed by atoms with Crippen LogP contribution in [0.4, 0.5) is 0 Å². The number of rotatable bonds is 4. The summed E-state index contributed by atoms with van der Waals surface area (Å²) in [6, 6.07) is 1.09. The maximum absolute atomic E-state index is 11.1. The first kappa shape index (κ1) is 9.77. The molecule has 1 aliphatic carbocycles. The van der Waals surface area contributed by atoms with E-state index < -0.39 is 8.07 Å². The first-order valence-electron chi connectivity index (χ1n) is 4.66. The summed E-state index contributed by atoms with van der Waals surface area (Å²) in [5.74, 6) is 0.292. The smallest absolute Gasteiger partial charge is 0.308 e. The highest BCUT2D eigenvalue weighted by molar-refractivity contribution is 6.76. The van der Waals surface area contributed by atoms with Gasteiger partial charge in [-0.1, -0.05) is 19.6 Å². The average Bonchev–Trinajstić information content (AvgIpc) is 2.64. The molecule has 0 aliphatic heterocycles. The van der Waals surface area contributed by atoms with Gasteiger partial charge in [0.15, 0.2) is 0 Å². The molecule has 0 unspecified atom stereocenters. The Morgan fingerprint density at radius 1 is 1.42 bits per heavy atom. The van der Waals surface area contributed by atoms with Crippen LogP contribution in [-0.2, 0) is 9.53 Å². The average molecular weight is 186 g/mol. The van der Waals surface area contributed by atoms with Crippen molar-refractivity contribution in [1.29, 1.82) is 0 Å². The summed E-state index contributed by atoms with van der Waals surface area (Å²) < 4.78 is 5.14. The van der Waals surface area contributed by atoms with Gasteiger partial charge in [-0.2, -0.15) is 0 Å². The maximum Gasteiger partial charge on any atom is 0.308 e. The molecule has 0 radical (unpaired) electrons. The Balaban J connectivity index is 2.05. The van der Waals surface area contributed by atoms with Gasteiger partial charge in [-0.3, -0.25) is 4.79 Å². The number of hydrogen-bond donors (Lipinski definition) is 0. The fraction of sp³-hybridized carbons (Fsp3) is 0.889.